The minimum Gasteiger partial charge on any atom is -0.339 e. The molecule has 0 N–H and O–H groups in total. The second-order valence-corrected chi connectivity index (χ2v) is 8.92. The van der Waals surface area contributed by atoms with Gasteiger partial charge in [0.2, 0.25) is 17.7 Å². The van der Waals surface area contributed by atoms with Crippen LogP contribution in [0, 0.1) is 12.8 Å². The van der Waals surface area contributed by atoms with Gasteiger partial charge < -0.3 is 14.7 Å². The van der Waals surface area contributed by atoms with Gasteiger partial charge in [0.05, 0.1) is 13.0 Å². The van der Waals surface area contributed by atoms with E-state index in [9.17, 15) is 14.4 Å². The van der Waals surface area contributed by atoms with Crippen molar-refractivity contribution in [1.82, 2.24) is 9.80 Å². The van der Waals surface area contributed by atoms with Crippen molar-refractivity contribution in [3.63, 3.8) is 0 Å². The standard InChI is InChI=1S/C26H31N3O3/c1-19-4-3-5-22(16-19)18-29(26(32)23-8-9-23)24-10-6-21(7-11-24)17-25(31)28-14-12-27(13-15-28)20(2)30/h3-7,10-11,16,23H,8-9,12-15,17-18H2,1-2H3. The Morgan fingerprint density at radius 1 is 0.906 bits per heavy atom. The highest BCUT2D eigenvalue weighted by molar-refractivity contribution is 5.96. The maximum atomic E-state index is 13.0. The Kier molecular flexibility index (Phi) is 6.58. The molecule has 0 atom stereocenters. The molecular formula is C26H31N3O3. The fourth-order valence-corrected chi connectivity index (χ4v) is 4.19. The van der Waals surface area contributed by atoms with Crippen LogP contribution in [-0.2, 0) is 27.3 Å². The molecule has 6 nitrogen and oxygen atoms in total. The van der Waals surface area contributed by atoms with Crippen LogP contribution in [0.3, 0.4) is 0 Å². The first-order chi connectivity index (χ1) is 15.4. The molecule has 2 fully saturated rings. The average molecular weight is 434 g/mol. The second-order valence-electron chi connectivity index (χ2n) is 8.92. The van der Waals surface area contributed by atoms with Crippen LogP contribution < -0.4 is 4.90 Å². The highest BCUT2D eigenvalue weighted by Gasteiger charge is 2.34. The molecular weight excluding hydrogens is 402 g/mol. The lowest BCUT2D eigenvalue weighted by Gasteiger charge is -2.34. The van der Waals surface area contributed by atoms with E-state index in [4.69, 9.17) is 0 Å². The number of aryl methyl sites for hydroxylation is 1. The van der Waals surface area contributed by atoms with E-state index in [1.54, 1.807) is 11.8 Å². The summed E-state index contributed by atoms with van der Waals surface area (Å²) in [5, 5.41) is 0. The van der Waals surface area contributed by atoms with Crippen LogP contribution in [0.4, 0.5) is 5.69 Å². The van der Waals surface area contributed by atoms with Gasteiger partial charge in [0, 0.05) is 44.7 Å². The van der Waals surface area contributed by atoms with Gasteiger partial charge in [-0.3, -0.25) is 14.4 Å². The summed E-state index contributed by atoms with van der Waals surface area (Å²) in [6.45, 7) is 6.52. The van der Waals surface area contributed by atoms with E-state index < -0.39 is 0 Å². The summed E-state index contributed by atoms with van der Waals surface area (Å²) < 4.78 is 0. The van der Waals surface area contributed by atoms with Crippen molar-refractivity contribution in [2.75, 3.05) is 31.1 Å². The van der Waals surface area contributed by atoms with E-state index >= 15 is 0 Å². The van der Waals surface area contributed by atoms with Gasteiger partial charge in [-0.2, -0.15) is 0 Å². The monoisotopic (exact) mass is 433 g/mol. The number of piperazine rings is 1. The highest BCUT2D eigenvalue weighted by atomic mass is 16.2. The third-order valence-corrected chi connectivity index (χ3v) is 6.30. The molecule has 0 bridgehead atoms. The van der Waals surface area contributed by atoms with Crippen LogP contribution in [0.25, 0.3) is 0 Å². The molecule has 1 aliphatic carbocycles. The fourth-order valence-electron chi connectivity index (χ4n) is 4.19. The highest BCUT2D eigenvalue weighted by Crippen LogP contribution is 2.33. The summed E-state index contributed by atoms with van der Waals surface area (Å²) in [7, 11) is 0. The molecule has 0 unspecified atom stereocenters. The molecule has 6 heteroatoms. The van der Waals surface area contributed by atoms with Crippen molar-refractivity contribution < 1.29 is 14.4 Å². The first-order valence-corrected chi connectivity index (χ1v) is 11.4. The second kappa shape index (κ2) is 9.55. The molecule has 0 aromatic heterocycles. The van der Waals surface area contributed by atoms with Gasteiger partial charge in [-0.05, 0) is 43.0 Å². The predicted octanol–water partition coefficient (Wildman–Crippen LogP) is 3.17. The van der Waals surface area contributed by atoms with Crippen LogP contribution in [0.15, 0.2) is 48.5 Å². The van der Waals surface area contributed by atoms with Crippen molar-refractivity contribution in [3.05, 3.63) is 65.2 Å². The van der Waals surface area contributed by atoms with Crippen molar-refractivity contribution >= 4 is 23.4 Å². The minimum atomic E-state index is 0.0589. The Hall–Kier alpha value is -3.15. The van der Waals surface area contributed by atoms with Crippen molar-refractivity contribution in [1.29, 1.82) is 0 Å². The summed E-state index contributed by atoms with van der Waals surface area (Å²) >= 11 is 0. The molecule has 1 heterocycles. The normalized spacial score (nSPS) is 16.1. The smallest absolute Gasteiger partial charge is 0.230 e. The van der Waals surface area contributed by atoms with E-state index in [2.05, 4.69) is 25.1 Å². The summed E-state index contributed by atoms with van der Waals surface area (Å²) in [4.78, 5) is 42.6. The molecule has 168 valence electrons. The number of rotatable bonds is 6. The van der Waals surface area contributed by atoms with Gasteiger partial charge in [-0.15, -0.1) is 0 Å². The lowest BCUT2D eigenvalue weighted by molar-refractivity contribution is -0.138. The quantitative estimate of drug-likeness (QED) is 0.703. The Labute approximate surface area is 189 Å². The molecule has 1 saturated heterocycles. The van der Waals surface area contributed by atoms with E-state index in [-0.39, 0.29) is 23.6 Å². The number of hydrogen-bond acceptors (Lipinski definition) is 3. The topological polar surface area (TPSA) is 60.9 Å². The molecule has 2 aromatic rings. The zero-order valence-corrected chi connectivity index (χ0v) is 18.9. The SMILES string of the molecule is CC(=O)N1CCN(C(=O)Cc2ccc(N(Cc3cccc(C)c3)C(=O)C3CC3)cc2)CC1. The van der Waals surface area contributed by atoms with Crippen LogP contribution in [-0.4, -0.2) is 53.7 Å². The number of benzene rings is 2. The molecule has 2 aromatic carbocycles. The summed E-state index contributed by atoms with van der Waals surface area (Å²) in [5.41, 5.74) is 4.10. The number of nitrogens with zero attached hydrogens (tertiary/aromatic N) is 3. The van der Waals surface area contributed by atoms with Crippen molar-refractivity contribution in [2.24, 2.45) is 5.92 Å². The van der Waals surface area contributed by atoms with Gasteiger partial charge in [0.25, 0.3) is 0 Å². The molecule has 3 amide bonds. The van der Waals surface area contributed by atoms with Gasteiger partial charge in [0.15, 0.2) is 0 Å². The third-order valence-electron chi connectivity index (χ3n) is 6.30. The van der Waals surface area contributed by atoms with Crippen LogP contribution in [0.1, 0.15) is 36.5 Å². The molecule has 4 rings (SSSR count). The van der Waals surface area contributed by atoms with Crippen LogP contribution in [0.2, 0.25) is 0 Å². The molecule has 0 radical (unpaired) electrons. The average Bonchev–Trinajstić information content (AvgIpc) is 3.63. The number of carbonyl (C=O) groups excluding carboxylic acids is 3. The largest absolute Gasteiger partial charge is 0.339 e. The van der Waals surface area contributed by atoms with E-state index in [0.29, 0.717) is 39.1 Å². The van der Waals surface area contributed by atoms with Gasteiger partial charge in [-0.1, -0.05) is 42.0 Å². The maximum Gasteiger partial charge on any atom is 0.230 e. The molecule has 32 heavy (non-hydrogen) atoms. The minimum absolute atomic E-state index is 0.0589. The predicted molar refractivity (Wildman–Crippen MR) is 124 cm³/mol. The Bertz CT molecular complexity index is 990. The van der Waals surface area contributed by atoms with Crippen LogP contribution in [0.5, 0.6) is 0 Å². The summed E-state index contributed by atoms with van der Waals surface area (Å²) in [6, 6.07) is 16.0. The Balaban J connectivity index is 1.41. The van der Waals surface area contributed by atoms with E-state index in [0.717, 1.165) is 29.7 Å². The summed E-state index contributed by atoms with van der Waals surface area (Å²) in [5.74, 6) is 0.448. The zero-order chi connectivity index (χ0) is 22.7. The maximum absolute atomic E-state index is 13.0. The van der Waals surface area contributed by atoms with Gasteiger partial charge in [-0.25, -0.2) is 0 Å². The molecule has 1 saturated carbocycles. The Morgan fingerprint density at radius 3 is 2.16 bits per heavy atom. The number of hydrogen-bond donors (Lipinski definition) is 0. The van der Waals surface area contributed by atoms with E-state index in [1.807, 2.05) is 40.1 Å². The van der Waals surface area contributed by atoms with E-state index in [1.165, 1.54) is 5.56 Å². The number of amides is 3. The number of carbonyl (C=O) groups is 3. The fraction of sp³-hybridized carbons (Fsp3) is 0.423. The third kappa shape index (κ3) is 5.36. The first kappa shape index (κ1) is 22.1. The molecule has 1 aliphatic heterocycles. The van der Waals surface area contributed by atoms with Crippen molar-refractivity contribution in [3.8, 4) is 0 Å². The number of anilines is 1. The first-order valence-electron chi connectivity index (χ1n) is 11.4. The van der Waals surface area contributed by atoms with Crippen LogP contribution >= 0.6 is 0 Å². The molecule has 0 spiro atoms. The lowest BCUT2D eigenvalue weighted by atomic mass is 10.1. The summed E-state index contributed by atoms with van der Waals surface area (Å²) in [6.07, 6.45) is 2.26. The van der Waals surface area contributed by atoms with Gasteiger partial charge in [0.1, 0.15) is 0 Å². The zero-order valence-electron chi connectivity index (χ0n) is 18.9. The van der Waals surface area contributed by atoms with Crippen molar-refractivity contribution in [2.45, 2.75) is 39.7 Å². The van der Waals surface area contributed by atoms with Gasteiger partial charge >= 0.3 is 0 Å². The Morgan fingerprint density at radius 2 is 1.56 bits per heavy atom. The molecule has 2 aliphatic rings. The lowest BCUT2D eigenvalue weighted by Crippen LogP contribution is -2.50.